The van der Waals surface area contributed by atoms with E-state index in [1.54, 1.807) is 0 Å². The molecule has 2 aromatic rings. The maximum absolute atomic E-state index is 5.89. The molecule has 0 saturated carbocycles. The van der Waals surface area contributed by atoms with Crippen molar-refractivity contribution >= 4 is 5.69 Å². The van der Waals surface area contributed by atoms with Gasteiger partial charge < -0.3 is 5.73 Å². The number of hydrogen-bond acceptors (Lipinski definition) is 1. The van der Waals surface area contributed by atoms with Gasteiger partial charge in [0.05, 0.1) is 0 Å². The largest absolute Gasteiger partial charge is 0.399 e. The number of aryl methyl sites for hydroxylation is 2. The van der Waals surface area contributed by atoms with Crippen LogP contribution in [0.25, 0.3) is 11.1 Å². The van der Waals surface area contributed by atoms with Crippen molar-refractivity contribution in [3.8, 4) is 11.1 Å². The Kier molecular flexibility index (Phi) is 3.48. The maximum atomic E-state index is 5.89. The van der Waals surface area contributed by atoms with E-state index in [1.165, 1.54) is 28.7 Å². The van der Waals surface area contributed by atoms with Crippen LogP contribution in [0.4, 0.5) is 5.69 Å². The van der Waals surface area contributed by atoms with Gasteiger partial charge >= 0.3 is 0 Å². The van der Waals surface area contributed by atoms with Crippen LogP contribution in [0, 0.1) is 6.92 Å². The lowest BCUT2D eigenvalue weighted by atomic mass is 9.99. The van der Waals surface area contributed by atoms with Crippen LogP contribution in [0.15, 0.2) is 42.5 Å². The molecule has 2 N–H and O–H groups in total. The Morgan fingerprint density at radius 1 is 1.00 bits per heavy atom. The quantitative estimate of drug-likeness (QED) is 0.778. The molecule has 2 rings (SSSR count). The third-order valence-electron chi connectivity index (χ3n) is 2.90. The van der Waals surface area contributed by atoms with Gasteiger partial charge in [-0.3, -0.25) is 0 Å². The van der Waals surface area contributed by atoms with Gasteiger partial charge in [0.25, 0.3) is 0 Å². The molecule has 1 nitrogen and oxygen atoms in total. The Hall–Kier alpha value is -1.76. The first kappa shape index (κ1) is 11.7. The van der Waals surface area contributed by atoms with Crippen molar-refractivity contribution in [3.05, 3.63) is 53.6 Å². The Morgan fingerprint density at radius 2 is 1.82 bits per heavy atom. The summed E-state index contributed by atoms with van der Waals surface area (Å²) in [6.07, 6.45) is 2.31. The van der Waals surface area contributed by atoms with E-state index in [-0.39, 0.29) is 0 Å². The first-order valence-electron chi connectivity index (χ1n) is 6.15. The van der Waals surface area contributed by atoms with Gasteiger partial charge in [0.15, 0.2) is 0 Å². The molecule has 0 radical (unpaired) electrons. The van der Waals surface area contributed by atoms with Crippen LogP contribution in [-0.2, 0) is 6.42 Å². The number of benzene rings is 2. The number of anilines is 1. The Labute approximate surface area is 103 Å². The van der Waals surface area contributed by atoms with Crippen LogP contribution in [0.5, 0.6) is 0 Å². The summed E-state index contributed by atoms with van der Waals surface area (Å²) in [7, 11) is 0. The van der Waals surface area contributed by atoms with E-state index < -0.39 is 0 Å². The summed E-state index contributed by atoms with van der Waals surface area (Å²) in [5, 5.41) is 0. The summed E-state index contributed by atoms with van der Waals surface area (Å²) in [4.78, 5) is 0. The topological polar surface area (TPSA) is 26.0 Å². The second-order valence-corrected chi connectivity index (χ2v) is 4.58. The van der Waals surface area contributed by atoms with E-state index >= 15 is 0 Å². The zero-order valence-corrected chi connectivity index (χ0v) is 10.5. The first-order valence-corrected chi connectivity index (χ1v) is 6.15. The van der Waals surface area contributed by atoms with Crippen LogP contribution >= 0.6 is 0 Å². The molecule has 0 atom stereocenters. The standard InChI is InChI=1S/C16H19N/c1-3-5-13-6-4-7-14(10-13)15-8-12(2)9-16(17)11-15/h4,6-11H,3,5,17H2,1-2H3. The molecule has 0 amide bonds. The fourth-order valence-electron chi connectivity index (χ4n) is 2.17. The van der Waals surface area contributed by atoms with Gasteiger partial charge in [0, 0.05) is 5.69 Å². The maximum Gasteiger partial charge on any atom is 0.0322 e. The number of hydrogen-bond donors (Lipinski definition) is 1. The predicted molar refractivity (Wildman–Crippen MR) is 75.0 cm³/mol. The highest BCUT2D eigenvalue weighted by atomic mass is 14.5. The highest BCUT2D eigenvalue weighted by Gasteiger charge is 2.01. The molecule has 17 heavy (non-hydrogen) atoms. The van der Waals surface area contributed by atoms with E-state index in [0.717, 1.165) is 12.1 Å². The van der Waals surface area contributed by atoms with Crippen molar-refractivity contribution in [3.63, 3.8) is 0 Å². The molecule has 0 saturated heterocycles. The highest BCUT2D eigenvalue weighted by Crippen LogP contribution is 2.24. The van der Waals surface area contributed by atoms with Crippen LogP contribution in [0.1, 0.15) is 24.5 Å². The predicted octanol–water partition coefficient (Wildman–Crippen LogP) is 4.20. The van der Waals surface area contributed by atoms with Gasteiger partial charge in [-0.05, 0) is 47.7 Å². The minimum absolute atomic E-state index is 0.834. The van der Waals surface area contributed by atoms with Gasteiger partial charge in [0.2, 0.25) is 0 Å². The fraction of sp³-hybridized carbons (Fsp3) is 0.250. The summed E-state index contributed by atoms with van der Waals surface area (Å²) in [6, 6.07) is 14.9. The molecule has 0 aliphatic heterocycles. The Balaban J connectivity index is 2.41. The number of nitrogens with two attached hydrogens (primary N) is 1. The van der Waals surface area contributed by atoms with Crippen molar-refractivity contribution in [1.82, 2.24) is 0 Å². The van der Waals surface area contributed by atoms with E-state index in [2.05, 4.69) is 44.2 Å². The van der Waals surface area contributed by atoms with Crippen LogP contribution in [0.3, 0.4) is 0 Å². The van der Waals surface area contributed by atoms with Gasteiger partial charge in [0.1, 0.15) is 0 Å². The van der Waals surface area contributed by atoms with Crippen molar-refractivity contribution in [1.29, 1.82) is 0 Å². The second-order valence-electron chi connectivity index (χ2n) is 4.58. The second kappa shape index (κ2) is 5.05. The normalized spacial score (nSPS) is 10.5. The molecule has 0 fully saturated rings. The number of nitrogen functional groups attached to an aromatic ring is 1. The van der Waals surface area contributed by atoms with Crippen LogP contribution in [0.2, 0.25) is 0 Å². The third-order valence-corrected chi connectivity index (χ3v) is 2.90. The van der Waals surface area contributed by atoms with Crippen LogP contribution in [-0.4, -0.2) is 0 Å². The summed E-state index contributed by atoms with van der Waals surface area (Å²) in [5.41, 5.74) is 11.8. The molecule has 0 aliphatic rings. The highest BCUT2D eigenvalue weighted by molar-refractivity contribution is 5.69. The smallest absolute Gasteiger partial charge is 0.0322 e. The fourth-order valence-corrected chi connectivity index (χ4v) is 2.17. The zero-order valence-electron chi connectivity index (χ0n) is 10.5. The lowest BCUT2D eigenvalue weighted by Crippen LogP contribution is -1.89. The average Bonchev–Trinajstić information content (AvgIpc) is 2.28. The first-order chi connectivity index (χ1) is 8.19. The minimum atomic E-state index is 0.834. The molecule has 0 aliphatic carbocycles. The minimum Gasteiger partial charge on any atom is -0.399 e. The van der Waals surface area contributed by atoms with E-state index in [0.29, 0.717) is 0 Å². The molecular weight excluding hydrogens is 206 g/mol. The zero-order chi connectivity index (χ0) is 12.3. The lowest BCUT2D eigenvalue weighted by molar-refractivity contribution is 0.922. The summed E-state index contributed by atoms with van der Waals surface area (Å²) < 4.78 is 0. The van der Waals surface area contributed by atoms with E-state index in [9.17, 15) is 0 Å². The van der Waals surface area contributed by atoms with Crippen molar-refractivity contribution in [2.45, 2.75) is 26.7 Å². The molecular formula is C16H19N. The van der Waals surface area contributed by atoms with E-state index in [1.807, 2.05) is 12.1 Å². The Bertz CT molecular complexity index is 494. The molecule has 2 aromatic carbocycles. The van der Waals surface area contributed by atoms with Gasteiger partial charge in [-0.2, -0.15) is 0 Å². The van der Waals surface area contributed by atoms with Crippen LogP contribution < -0.4 is 5.73 Å². The van der Waals surface area contributed by atoms with Gasteiger partial charge in [-0.1, -0.05) is 43.7 Å². The summed E-state index contributed by atoms with van der Waals surface area (Å²) >= 11 is 0. The summed E-state index contributed by atoms with van der Waals surface area (Å²) in [6.45, 7) is 4.28. The molecule has 88 valence electrons. The molecule has 0 bridgehead atoms. The SMILES string of the molecule is CCCc1cccc(-c2cc(C)cc(N)c2)c1. The summed E-state index contributed by atoms with van der Waals surface area (Å²) in [5.74, 6) is 0. The molecule has 0 spiro atoms. The number of rotatable bonds is 3. The van der Waals surface area contributed by atoms with Gasteiger partial charge in [-0.25, -0.2) is 0 Å². The monoisotopic (exact) mass is 225 g/mol. The molecule has 1 heteroatoms. The molecule has 0 unspecified atom stereocenters. The third kappa shape index (κ3) is 2.88. The molecule has 0 heterocycles. The molecule has 0 aromatic heterocycles. The van der Waals surface area contributed by atoms with E-state index in [4.69, 9.17) is 5.73 Å². The van der Waals surface area contributed by atoms with Crippen molar-refractivity contribution in [2.24, 2.45) is 0 Å². The lowest BCUT2D eigenvalue weighted by Gasteiger charge is -2.07. The van der Waals surface area contributed by atoms with Crippen molar-refractivity contribution in [2.75, 3.05) is 5.73 Å². The average molecular weight is 225 g/mol. The Morgan fingerprint density at radius 3 is 2.53 bits per heavy atom. The van der Waals surface area contributed by atoms with Gasteiger partial charge in [-0.15, -0.1) is 0 Å². The van der Waals surface area contributed by atoms with Crippen molar-refractivity contribution < 1.29 is 0 Å².